The van der Waals surface area contributed by atoms with Crippen molar-refractivity contribution in [2.45, 2.75) is 44.6 Å². The van der Waals surface area contributed by atoms with Crippen molar-refractivity contribution in [2.75, 3.05) is 13.2 Å². The van der Waals surface area contributed by atoms with Gasteiger partial charge in [0.25, 0.3) is 5.91 Å². The molecular weight excluding hydrogens is 348 g/mol. The first-order chi connectivity index (χ1) is 13.1. The summed E-state index contributed by atoms with van der Waals surface area (Å²) in [6.45, 7) is 2.80. The molecule has 2 fully saturated rings. The van der Waals surface area contributed by atoms with Crippen molar-refractivity contribution in [3.8, 4) is 0 Å². The Labute approximate surface area is 156 Å². The summed E-state index contributed by atoms with van der Waals surface area (Å²) in [5, 5.41) is 6.60. The van der Waals surface area contributed by atoms with E-state index in [1.807, 2.05) is 12.1 Å². The quantitative estimate of drug-likeness (QED) is 0.803. The third-order valence-corrected chi connectivity index (χ3v) is 5.15. The highest BCUT2D eigenvalue weighted by Gasteiger charge is 2.45. The molecule has 1 saturated carbocycles. The maximum atomic E-state index is 13.0. The van der Waals surface area contributed by atoms with E-state index in [0.29, 0.717) is 25.5 Å². The van der Waals surface area contributed by atoms with Crippen molar-refractivity contribution in [2.24, 2.45) is 0 Å². The van der Waals surface area contributed by atoms with Gasteiger partial charge in [-0.15, -0.1) is 0 Å². The van der Waals surface area contributed by atoms with Crippen LogP contribution in [-0.2, 0) is 16.1 Å². The van der Waals surface area contributed by atoms with Crippen LogP contribution in [0, 0.1) is 0 Å². The number of ketones is 1. The molecule has 1 N–H and O–H groups in total. The van der Waals surface area contributed by atoms with Crippen LogP contribution in [0.3, 0.4) is 0 Å². The summed E-state index contributed by atoms with van der Waals surface area (Å²) in [5.74, 6) is -0.357. The van der Waals surface area contributed by atoms with E-state index in [9.17, 15) is 9.59 Å². The minimum Gasteiger partial charge on any atom is -0.374 e. The van der Waals surface area contributed by atoms with Gasteiger partial charge in [0.05, 0.1) is 25.4 Å². The van der Waals surface area contributed by atoms with Crippen molar-refractivity contribution in [1.82, 2.24) is 20.1 Å². The van der Waals surface area contributed by atoms with E-state index in [2.05, 4.69) is 15.2 Å². The maximum Gasteiger partial charge on any atom is 0.272 e. The Balaban J connectivity index is 1.50. The second kappa shape index (κ2) is 7.58. The van der Waals surface area contributed by atoms with Gasteiger partial charge in [-0.25, -0.2) is 0 Å². The van der Waals surface area contributed by atoms with Gasteiger partial charge in [-0.2, -0.15) is 5.10 Å². The Hall–Kier alpha value is -2.58. The molecule has 1 aliphatic heterocycles. The summed E-state index contributed by atoms with van der Waals surface area (Å²) in [6, 6.07) is 5.28. The number of amides is 1. The van der Waals surface area contributed by atoms with Gasteiger partial charge in [0.15, 0.2) is 5.78 Å². The molecule has 4 rings (SSSR count). The lowest BCUT2D eigenvalue weighted by molar-refractivity contribution is -0.0598. The molecule has 0 aromatic carbocycles. The van der Waals surface area contributed by atoms with Crippen LogP contribution in [0.25, 0.3) is 0 Å². The van der Waals surface area contributed by atoms with Crippen LogP contribution in [0.4, 0.5) is 0 Å². The zero-order valence-electron chi connectivity index (χ0n) is 15.1. The number of aromatic amines is 1. The van der Waals surface area contributed by atoms with Gasteiger partial charge in [0.1, 0.15) is 17.5 Å². The molecule has 27 heavy (non-hydrogen) atoms. The highest BCUT2D eigenvalue weighted by Crippen LogP contribution is 2.33. The highest BCUT2D eigenvalue weighted by molar-refractivity contribution is 5.97. The smallest absolute Gasteiger partial charge is 0.272 e. The van der Waals surface area contributed by atoms with E-state index in [1.165, 1.54) is 13.0 Å². The standard InChI is InChI=1S/C19H22N4O4/c1-12(24)14-9-15(22-21-14)19(25)23-7-8-26-17-5-4-16(23)18(17)27-11-13-3-2-6-20-10-13/h2-3,6,9-10,16-18H,4-5,7-8,11H2,1H3,(H,21,22). The van der Waals surface area contributed by atoms with Crippen LogP contribution in [-0.4, -0.2) is 63.2 Å². The third kappa shape index (κ3) is 3.63. The normalized spacial score (nSPS) is 24.6. The Morgan fingerprint density at radius 2 is 2.30 bits per heavy atom. The number of Topliss-reactive ketones (excluding diaryl/α,β-unsaturated/α-hetero) is 1. The predicted octanol–water partition coefficient (Wildman–Crippen LogP) is 1.60. The van der Waals surface area contributed by atoms with E-state index in [4.69, 9.17) is 9.47 Å². The maximum absolute atomic E-state index is 13.0. The van der Waals surface area contributed by atoms with Crippen molar-refractivity contribution in [3.05, 3.63) is 47.5 Å². The lowest BCUT2D eigenvalue weighted by atomic mass is 10.1. The van der Waals surface area contributed by atoms with Crippen LogP contribution < -0.4 is 0 Å². The van der Waals surface area contributed by atoms with Gasteiger partial charge in [0, 0.05) is 25.9 Å². The topological polar surface area (TPSA) is 97.4 Å². The second-order valence-corrected chi connectivity index (χ2v) is 6.91. The summed E-state index contributed by atoms with van der Waals surface area (Å²) in [6.07, 6.45) is 4.97. The summed E-state index contributed by atoms with van der Waals surface area (Å²) >= 11 is 0. The van der Waals surface area contributed by atoms with Gasteiger partial charge in [0.2, 0.25) is 0 Å². The largest absolute Gasteiger partial charge is 0.374 e. The minimum atomic E-state index is -0.188. The number of rotatable bonds is 5. The fraction of sp³-hybridized carbons (Fsp3) is 0.474. The predicted molar refractivity (Wildman–Crippen MR) is 95.2 cm³/mol. The van der Waals surface area contributed by atoms with Crippen molar-refractivity contribution >= 4 is 11.7 Å². The molecule has 3 unspecified atom stereocenters. The molecule has 1 aliphatic carbocycles. The molecule has 2 aliphatic rings. The summed E-state index contributed by atoms with van der Waals surface area (Å²) in [4.78, 5) is 30.4. The molecule has 0 spiro atoms. The lowest BCUT2D eigenvalue weighted by Gasteiger charge is -2.31. The fourth-order valence-electron chi connectivity index (χ4n) is 3.80. The van der Waals surface area contributed by atoms with E-state index in [1.54, 1.807) is 17.3 Å². The Kier molecular flexibility index (Phi) is 5.00. The SMILES string of the molecule is CC(=O)c1cc(C(=O)N2CCOC3CCC2C3OCc2cccnc2)[nH]n1. The van der Waals surface area contributed by atoms with Gasteiger partial charge in [-0.1, -0.05) is 6.07 Å². The van der Waals surface area contributed by atoms with Crippen molar-refractivity contribution in [3.63, 3.8) is 0 Å². The number of hydrogen-bond acceptors (Lipinski definition) is 6. The number of carbonyl (C=O) groups excluding carboxylic acids is 2. The molecule has 1 amide bonds. The highest BCUT2D eigenvalue weighted by atomic mass is 16.5. The Morgan fingerprint density at radius 1 is 1.41 bits per heavy atom. The van der Waals surface area contributed by atoms with Gasteiger partial charge >= 0.3 is 0 Å². The zero-order valence-corrected chi connectivity index (χ0v) is 15.1. The Morgan fingerprint density at radius 3 is 3.04 bits per heavy atom. The average Bonchev–Trinajstić information content (AvgIpc) is 3.26. The second-order valence-electron chi connectivity index (χ2n) is 6.91. The first-order valence-corrected chi connectivity index (χ1v) is 9.13. The van der Waals surface area contributed by atoms with E-state index in [-0.39, 0.29) is 35.6 Å². The van der Waals surface area contributed by atoms with Crippen molar-refractivity contribution in [1.29, 1.82) is 0 Å². The summed E-state index contributed by atoms with van der Waals surface area (Å²) in [7, 11) is 0. The van der Waals surface area contributed by atoms with Crippen molar-refractivity contribution < 1.29 is 19.1 Å². The molecular formula is C19H22N4O4. The Bertz CT molecular complexity index is 822. The van der Waals surface area contributed by atoms with Gasteiger partial charge in [-0.05, 0) is 30.5 Å². The zero-order chi connectivity index (χ0) is 18.8. The fourth-order valence-corrected chi connectivity index (χ4v) is 3.80. The van der Waals surface area contributed by atoms with Crippen LogP contribution in [0.1, 0.15) is 46.3 Å². The van der Waals surface area contributed by atoms with E-state index >= 15 is 0 Å². The number of ether oxygens (including phenoxy) is 2. The first-order valence-electron chi connectivity index (χ1n) is 9.13. The number of nitrogens with one attached hydrogen (secondary N) is 1. The molecule has 1 saturated heterocycles. The van der Waals surface area contributed by atoms with Gasteiger partial charge < -0.3 is 14.4 Å². The molecule has 142 valence electrons. The number of H-pyrrole nitrogens is 1. The number of nitrogens with zero attached hydrogens (tertiary/aromatic N) is 3. The van der Waals surface area contributed by atoms with E-state index < -0.39 is 0 Å². The monoisotopic (exact) mass is 370 g/mol. The van der Waals surface area contributed by atoms with Gasteiger partial charge in [-0.3, -0.25) is 19.7 Å². The number of fused-ring (bicyclic) bond motifs is 2. The molecule has 3 atom stereocenters. The molecule has 3 heterocycles. The number of aromatic nitrogens is 3. The number of hydrogen-bond donors (Lipinski definition) is 1. The number of carbonyl (C=O) groups is 2. The average molecular weight is 370 g/mol. The molecule has 8 heteroatoms. The molecule has 0 radical (unpaired) electrons. The summed E-state index contributed by atoms with van der Waals surface area (Å²) in [5.41, 5.74) is 1.56. The molecule has 8 nitrogen and oxygen atoms in total. The summed E-state index contributed by atoms with van der Waals surface area (Å²) < 4.78 is 12.1. The lowest BCUT2D eigenvalue weighted by Crippen LogP contribution is -2.46. The third-order valence-electron chi connectivity index (χ3n) is 5.15. The van der Waals surface area contributed by atoms with E-state index in [0.717, 1.165) is 18.4 Å². The van der Waals surface area contributed by atoms with Crippen LogP contribution >= 0.6 is 0 Å². The van der Waals surface area contributed by atoms with Crippen LogP contribution in [0.2, 0.25) is 0 Å². The van der Waals surface area contributed by atoms with Crippen LogP contribution in [0.5, 0.6) is 0 Å². The first kappa shape index (κ1) is 17.8. The number of pyridine rings is 1. The minimum absolute atomic E-state index is 0.0148. The molecule has 2 aromatic heterocycles. The molecule has 2 aromatic rings. The molecule has 2 bridgehead atoms. The van der Waals surface area contributed by atoms with Crippen LogP contribution in [0.15, 0.2) is 30.6 Å².